The molecule has 0 saturated carbocycles. The average Bonchev–Trinajstić information content (AvgIpc) is 3.30. The molecule has 0 radical (unpaired) electrons. The number of aliphatic hydroxyl groups excluding tert-OH is 1. The van der Waals surface area contributed by atoms with Crippen LogP contribution < -0.4 is 10.6 Å². The van der Waals surface area contributed by atoms with Crippen molar-refractivity contribution >= 4 is 27.7 Å². The van der Waals surface area contributed by atoms with E-state index in [1.807, 2.05) is 37.1 Å². The van der Waals surface area contributed by atoms with Gasteiger partial charge in [-0.15, -0.1) is 0 Å². The molecular formula is C23H32BrN4O6+. The number of rotatable bonds is 8. The van der Waals surface area contributed by atoms with E-state index in [1.165, 1.54) is 0 Å². The Morgan fingerprint density at radius 3 is 2.74 bits per heavy atom. The van der Waals surface area contributed by atoms with E-state index in [4.69, 9.17) is 23.9 Å². The van der Waals surface area contributed by atoms with Crippen LogP contribution in [0.4, 0.5) is 0 Å². The molecule has 3 aliphatic heterocycles. The molecule has 1 aromatic carbocycles. The van der Waals surface area contributed by atoms with Crippen LogP contribution in [0, 0.1) is 0 Å². The Morgan fingerprint density at radius 2 is 2.03 bits per heavy atom. The summed E-state index contributed by atoms with van der Waals surface area (Å²) in [5.74, 6) is -0.557. The standard InChI is InChI=1S/C23H31BrN4O6/c1-23(2)33-18-16(13-29)32-21(19(18)34-23)28-11-9-17(27-22(28)25-10-4-12-31-3)26-20(30)14-5-7-15(24)8-6-14/h5-9,11,16,18-19,21-22,25,29H,4,10,12-13H2,1-3H3,(H,26,27,30)/p+1/t16-,18-,19-,21-,22?/m1/s1. The maximum Gasteiger partial charge on any atom is 0.264 e. The number of aliphatic imine (C=N–C) groups is 1. The maximum absolute atomic E-state index is 12.7. The van der Waals surface area contributed by atoms with Gasteiger partial charge in [-0.2, -0.15) is 4.99 Å². The third-order valence-corrected chi connectivity index (χ3v) is 6.39. The summed E-state index contributed by atoms with van der Waals surface area (Å²) in [6.45, 7) is 4.93. The minimum atomic E-state index is -0.769. The van der Waals surface area contributed by atoms with Crippen molar-refractivity contribution < 1.29 is 34.2 Å². The molecule has 3 aliphatic rings. The van der Waals surface area contributed by atoms with Gasteiger partial charge in [-0.3, -0.25) is 9.69 Å². The van der Waals surface area contributed by atoms with E-state index in [0.717, 1.165) is 17.4 Å². The number of ether oxygens (including phenoxy) is 4. The van der Waals surface area contributed by atoms with E-state index in [0.29, 0.717) is 18.0 Å². The summed E-state index contributed by atoms with van der Waals surface area (Å²) < 4.78 is 24.3. The molecule has 4 rings (SSSR count). The van der Waals surface area contributed by atoms with Crippen molar-refractivity contribution in [2.24, 2.45) is 4.99 Å². The Kier molecular flexibility index (Phi) is 8.03. The number of amidine groups is 1. The maximum atomic E-state index is 12.7. The summed E-state index contributed by atoms with van der Waals surface area (Å²) in [5, 5.41) is 14.8. The zero-order chi connectivity index (χ0) is 24.3. The van der Waals surface area contributed by atoms with E-state index in [-0.39, 0.29) is 24.7 Å². The molecule has 4 N–H and O–H groups in total. The van der Waals surface area contributed by atoms with E-state index < -0.39 is 24.4 Å². The molecule has 11 heteroatoms. The number of hydrogen-bond acceptors (Lipinski definition) is 8. The number of carbonyl (C=O) groups is 1. The lowest BCUT2D eigenvalue weighted by molar-refractivity contribution is -0.708. The predicted octanol–water partition coefficient (Wildman–Crippen LogP) is 0.528. The molecule has 1 aromatic rings. The molecule has 1 unspecified atom stereocenters. The third-order valence-electron chi connectivity index (χ3n) is 5.86. The minimum absolute atomic E-state index is 0.172. The average molecular weight is 540 g/mol. The molecule has 186 valence electrons. The Hall–Kier alpha value is -1.86. The van der Waals surface area contributed by atoms with Gasteiger partial charge in [-0.1, -0.05) is 15.9 Å². The zero-order valence-corrected chi connectivity index (χ0v) is 21.1. The summed E-state index contributed by atoms with van der Waals surface area (Å²) in [6, 6.07) is 7.12. The van der Waals surface area contributed by atoms with Gasteiger partial charge >= 0.3 is 0 Å². The van der Waals surface area contributed by atoms with E-state index >= 15 is 0 Å². The Bertz CT molecular complexity index is 925. The van der Waals surface area contributed by atoms with Crippen LogP contribution in [-0.4, -0.2) is 85.2 Å². The minimum Gasteiger partial charge on any atom is -0.394 e. The van der Waals surface area contributed by atoms with Crippen molar-refractivity contribution in [3.8, 4) is 0 Å². The Balaban J connectivity index is 1.51. The number of nitrogens with zero attached hydrogens (tertiary/aromatic N) is 2. The number of methoxy groups -OCH3 is 1. The largest absolute Gasteiger partial charge is 0.394 e. The molecule has 10 nitrogen and oxygen atoms in total. The summed E-state index contributed by atoms with van der Waals surface area (Å²) in [4.78, 5) is 19.4. The van der Waals surface area contributed by atoms with Crippen molar-refractivity contribution in [1.82, 2.24) is 10.2 Å². The third kappa shape index (κ3) is 5.68. The SMILES string of the molecule is COCCC[NH2+]C1N=C(NC(=O)c2ccc(Br)cc2)C=CN1[C@@H]1O[C@H](CO)[C@H]2OC(C)(C)O[C@H]21. The van der Waals surface area contributed by atoms with Crippen LogP contribution in [0.25, 0.3) is 0 Å². The Morgan fingerprint density at radius 1 is 1.29 bits per heavy atom. The van der Waals surface area contributed by atoms with Crippen LogP contribution in [-0.2, 0) is 18.9 Å². The quantitative estimate of drug-likeness (QED) is 0.412. The highest BCUT2D eigenvalue weighted by Gasteiger charge is 2.57. The van der Waals surface area contributed by atoms with Gasteiger partial charge in [-0.25, -0.2) is 0 Å². The number of quaternary nitrogens is 1. The molecule has 0 aliphatic carbocycles. The summed E-state index contributed by atoms with van der Waals surface area (Å²) in [7, 11) is 1.67. The highest BCUT2D eigenvalue weighted by molar-refractivity contribution is 9.10. The fourth-order valence-corrected chi connectivity index (χ4v) is 4.58. The monoisotopic (exact) mass is 539 g/mol. The number of nitrogens with one attached hydrogen (secondary N) is 1. The van der Waals surface area contributed by atoms with Crippen LogP contribution in [0.3, 0.4) is 0 Å². The van der Waals surface area contributed by atoms with E-state index in [9.17, 15) is 9.90 Å². The molecule has 2 fully saturated rings. The topological polar surface area (TPSA) is 118 Å². The number of benzene rings is 1. The van der Waals surface area contributed by atoms with Gasteiger partial charge in [0.15, 0.2) is 12.0 Å². The summed E-state index contributed by atoms with van der Waals surface area (Å²) >= 11 is 3.38. The highest BCUT2D eigenvalue weighted by Crippen LogP contribution is 2.40. The lowest BCUT2D eigenvalue weighted by atomic mass is 10.1. The van der Waals surface area contributed by atoms with Gasteiger partial charge in [-0.05, 0) is 44.2 Å². The van der Waals surface area contributed by atoms with Crippen molar-refractivity contribution in [3.63, 3.8) is 0 Å². The number of nitrogens with two attached hydrogens (primary N) is 1. The van der Waals surface area contributed by atoms with Crippen LogP contribution in [0.15, 0.2) is 46.0 Å². The highest BCUT2D eigenvalue weighted by atomic mass is 79.9. The first-order valence-corrected chi connectivity index (χ1v) is 12.1. The molecule has 2 saturated heterocycles. The molecule has 0 aromatic heterocycles. The lowest BCUT2D eigenvalue weighted by Gasteiger charge is -2.35. The predicted molar refractivity (Wildman–Crippen MR) is 127 cm³/mol. The summed E-state index contributed by atoms with van der Waals surface area (Å²) in [6.07, 6.45) is 2.25. The number of amides is 1. The second-order valence-electron chi connectivity index (χ2n) is 8.84. The van der Waals surface area contributed by atoms with Crippen molar-refractivity contribution in [2.45, 2.75) is 56.9 Å². The second kappa shape index (κ2) is 10.8. The van der Waals surface area contributed by atoms with Crippen molar-refractivity contribution in [2.75, 3.05) is 26.9 Å². The number of halogens is 1. The fourth-order valence-electron chi connectivity index (χ4n) is 4.31. The Labute approximate surface area is 207 Å². The van der Waals surface area contributed by atoms with Crippen molar-refractivity contribution in [1.29, 1.82) is 0 Å². The van der Waals surface area contributed by atoms with Gasteiger partial charge in [0.25, 0.3) is 12.2 Å². The first kappa shape index (κ1) is 25.2. The number of carbonyl (C=O) groups excluding carboxylic acids is 1. The zero-order valence-electron chi connectivity index (χ0n) is 19.5. The number of aliphatic hydroxyl groups is 1. The first-order chi connectivity index (χ1) is 16.3. The van der Waals surface area contributed by atoms with Crippen LogP contribution in [0.5, 0.6) is 0 Å². The van der Waals surface area contributed by atoms with Gasteiger partial charge in [0.1, 0.15) is 24.1 Å². The number of hydrogen-bond donors (Lipinski definition) is 3. The molecule has 1 amide bonds. The normalized spacial score (nSPS) is 29.7. The smallest absolute Gasteiger partial charge is 0.264 e. The van der Waals surface area contributed by atoms with E-state index in [2.05, 4.69) is 26.6 Å². The van der Waals surface area contributed by atoms with Gasteiger partial charge < -0.3 is 34.7 Å². The molecule has 5 atom stereocenters. The molecule has 0 bridgehead atoms. The van der Waals surface area contributed by atoms with Crippen LogP contribution in [0.2, 0.25) is 0 Å². The van der Waals surface area contributed by atoms with Crippen molar-refractivity contribution in [3.05, 3.63) is 46.6 Å². The lowest BCUT2D eigenvalue weighted by Crippen LogP contribution is -2.93. The summed E-state index contributed by atoms with van der Waals surface area (Å²) in [5.41, 5.74) is 0.536. The van der Waals surface area contributed by atoms with Crippen LogP contribution >= 0.6 is 15.9 Å². The van der Waals surface area contributed by atoms with Gasteiger partial charge in [0, 0.05) is 29.8 Å². The van der Waals surface area contributed by atoms with E-state index in [1.54, 1.807) is 25.3 Å². The van der Waals surface area contributed by atoms with Crippen LogP contribution in [0.1, 0.15) is 30.6 Å². The van der Waals surface area contributed by atoms with Gasteiger partial charge in [0.05, 0.1) is 19.8 Å². The number of fused-ring (bicyclic) bond motifs is 1. The first-order valence-electron chi connectivity index (χ1n) is 11.4. The fraction of sp³-hybridized carbons (Fsp3) is 0.565. The molecular weight excluding hydrogens is 508 g/mol. The second-order valence-corrected chi connectivity index (χ2v) is 9.75. The van der Waals surface area contributed by atoms with Gasteiger partial charge in [0.2, 0.25) is 0 Å². The molecule has 0 spiro atoms. The molecule has 34 heavy (non-hydrogen) atoms. The molecule has 3 heterocycles.